The van der Waals surface area contributed by atoms with Crippen LogP contribution in [-0.2, 0) is 0 Å². The number of amidine groups is 1. The van der Waals surface area contributed by atoms with Gasteiger partial charge in [-0.15, -0.1) is 0 Å². The molecule has 0 radical (unpaired) electrons. The highest BCUT2D eigenvalue weighted by Gasteiger charge is 2.18. The van der Waals surface area contributed by atoms with Crippen LogP contribution < -0.4 is 10.6 Å². The number of rotatable bonds is 2. The quantitative estimate of drug-likeness (QED) is 0.627. The van der Waals surface area contributed by atoms with Gasteiger partial charge in [0.1, 0.15) is 5.84 Å². The van der Waals surface area contributed by atoms with Gasteiger partial charge in [-0.1, -0.05) is 18.5 Å². The van der Waals surface area contributed by atoms with Crippen LogP contribution in [0.1, 0.15) is 25.3 Å². The van der Waals surface area contributed by atoms with E-state index in [1.54, 1.807) is 6.07 Å². The Bertz CT molecular complexity index is 431. The molecule has 0 aromatic heterocycles. The van der Waals surface area contributed by atoms with Crippen molar-refractivity contribution >= 4 is 23.1 Å². The first-order valence-corrected chi connectivity index (χ1v) is 6.34. The first-order valence-electron chi connectivity index (χ1n) is 5.97. The van der Waals surface area contributed by atoms with Gasteiger partial charge in [-0.25, -0.2) is 0 Å². The van der Waals surface area contributed by atoms with Crippen molar-refractivity contribution in [2.45, 2.75) is 19.8 Å². The van der Waals surface area contributed by atoms with Gasteiger partial charge in [0.25, 0.3) is 0 Å². The number of nitrogen functional groups attached to an aromatic ring is 1. The summed E-state index contributed by atoms with van der Waals surface area (Å²) < 4.78 is 0. The van der Waals surface area contributed by atoms with Crippen molar-refractivity contribution in [3.05, 3.63) is 28.8 Å². The molecule has 0 amide bonds. The molecule has 1 atom stereocenters. The fraction of sp³-hybridized carbons (Fsp3) is 0.462. The Kier molecular flexibility index (Phi) is 3.57. The number of nitrogens with one attached hydrogen (secondary N) is 1. The first-order chi connectivity index (χ1) is 8.08. The Morgan fingerprint density at radius 3 is 2.88 bits per heavy atom. The van der Waals surface area contributed by atoms with Crippen LogP contribution in [0.5, 0.6) is 0 Å². The Morgan fingerprint density at radius 1 is 1.53 bits per heavy atom. The summed E-state index contributed by atoms with van der Waals surface area (Å²) in [5.74, 6) is 0.776. The van der Waals surface area contributed by atoms with E-state index in [2.05, 4.69) is 11.8 Å². The monoisotopic (exact) mass is 251 g/mol. The molecule has 1 aliphatic rings. The molecule has 1 aliphatic heterocycles. The van der Waals surface area contributed by atoms with Gasteiger partial charge in [0.15, 0.2) is 0 Å². The van der Waals surface area contributed by atoms with Gasteiger partial charge in [0.2, 0.25) is 0 Å². The molecular weight excluding hydrogens is 234 g/mol. The summed E-state index contributed by atoms with van der Waals surface area (Å²) in [5.41, 5.74) is 7.19. The lowest BCUT2D eigenvalue weighted by molar-refractivity contribution is 0.447. The summed E-state index contributed by atoms with van der Waals surface area (Å²) >= 11 is 6.26. The smallest absolute Gasteiger partial charge is 0.122 e. The molecule has 3 nitrogen and oxygen atoms in total. The Labute approximate surface area is 107 Å². The number of halogens is 1. The lowest BCUT2D eigenvalue weighted by atomic mass is 9.99. The minimum atomic E-state index is 0.0606. The summed E-state index contributed by atoms with van der Waals surface area (Å²) in [6.07, 6.45) is 2.51. The molecule has 0 saturated carbocycles. The van der Waals surface area contributed by atoms with Gasteiger partial charge in [-0.3, -0.25) is 5.41 Å². The molecule has 2 rings (SSSR count). The highest BCUT2D eigenvalue weighted by molar-refractivity contribution is 6.33. The third kappa shape index (κ3) is 2.72. The third-order valence-electron chi connectivity index (χ3n) is 3.26. The minimum absolute atomic E-state index is 0.0606. The summed E-state index contributed by atoms with van der Waals surface area (Å²) in [6.45, 7) is 4.38. The molecule has 1 saturated heterocycles. The van der Waals surface area contributed by atoms with Gasteiger partial charge < -0.3 is 10.6 Å². The fourth-order valence-electron chi connectivity index (χ4n) is 2.34. The highest BCUT2D eigenvalue weighted by Crippen LogP contribution is 2.30. The van der Waals surface area contributed by atoms with E-state index in [9.17, 15) is 0 Å². The van der Waals surface area contributed by atoms with E-state index in [4.69, 9.17) is 22.7 Å². The predicted molar refractivity (Wildman–Crippen MR) is 73.1 cm³/mol. The Balaban J connectivity index is 2.23. The van der Waals surface area contributed by atoms with Crippen LogP contribution in [0.3, 0.4) is 0 Å². The number of hydrogen-bond acceptors (Lipinski definition) is 2. The Morgan fingerprint density at radius 2 is 2.29 bits per heavy atom. The molecule has 1 fully saturated rings. The molecule has 1 heterocycles. The number of nitrogens with two attached hydrogens (primary N) is 1. The lowest BCUT2D eigenvalue weighted by Gasteiger charge is -2.33. The van der Waals surface area contributed by atoms with Crippen LogP contribution in [0.4, 0.5) is 5.69 Å². The van der Waals surface area contributed by atoms with Crippen LogP contribution in [0.15, 0.2) is 18.2 Å². The van der Waals surface area contributed by atoms with Gasteiger partial charge in [0.05, 0.1) is 10.7 Å². The summed E-state index contributed by atoms with van der Waals surface area (Å²) in [4.78, 5) is 2.32. The van der Waals surface area contributed by atoms with E-state index < -0.39 is 0 Å². The molecule has 17 heavy (non-hydrogen) atoms. The molecule has 0 aliphatic carbocycles. The largest absolute Gasteiger partial charge is 0.384 e. The zero-order chi connectivity index (χ0) is 12.4. The van der Waals surface area contributed by atoms with Crippen molar-refractivity contribution in [3.8, 4) is 0 Å². The topological polar surface area (TPSA) is 53.1 Å². The average Bonchev–Trinajstić information content (AvgIpc) is 2.28. The maximum Gasteiger partial charge on any atom is 0.122 e. The molecule has 1 unspecified atom stereocenters. The van der Waals surface area contributed by atoms with Crippen LogP contribution in [0.25, 0.3) is 0 Å². The predicted octanol–water partition coefficient (Wildman–Crippen LogP) is 2.86. The van der Waals surface area contributed by atoms with E-state index in [0.29, 0.717) is 16.5 Å². The minimum Gasteiger partial charge on any atom is -0.384 e. The van der Waals surface area contributed by atoms with E-state index >= 15 is 0 Å². The van der Waals surface area contributed by atoms with Crippen LogP contribution in [0, 0.1) is 11.3 Å². The van der Waals surface area contributed by atoms with Crippen molar-refractivity contribution < 1.29 is 0 Å². The standard InChI is InChI=1S/C13H18ClN3/c1-9-3-2-6-17(8-9)12-5-4-10(13(15)16)7-11(12)14/h4-5,7,9H,2-3,6,8H2,1H3,(H3,15,16). The molecule has 4 heteroatoms. The van der Waals surface area contributed by atoms with Crippen molar-refractivity contribution in [2.24, 2.45) is 11.7 Å². The van der Waals surface area contributed by atoms with Gasteiger partial charge in [-0.05, 0) is 37.0 Å². The molecular formula is C13H18ClN3. The van der Waals surface area contributed by atoms with Crippen LogP contribution in [-0.4, -0.2) is 18.9 Å². The molecule has 0 bridgehead atoms. The zero-order valence-electron chi connectivity index (χ0n) is 10.0. The molecule has 3 N–H and O–H groups in total. The van der Waals surface area contributed by atoms with Crippen LogP contribution >= 0.6 is 11.6 Å². The van der Waals surface area contributed by atoms with E-state index in [0.717, 1.165) is 18.8 Å². The van der Waals surface area contributed by atoms with E-state index in [-0.39, 0.29) is 5.84 Å². The summed E-state index contributed by atoms with van der Waals surface area (Å²) in [5, 5.41) is 8.07. The van der Waals surface area contributed by atoms with Gasteiger partial charge >= 0.3 is 0 Å². The maximum atomic E-state index is 7.38. The van der Waals surface area contributed by atoms with Crippen molar-refractivity contribution in [2.75, 3.05) is 18.0 Å². The lowest BCUT2D eigenvalue weighted by Crippen LogP contribution is -2.34. The summed E-state index contributed by atoms with van der Waals surface area (Å²) in [6, 6.07) is 5.61. The fourth-order valence-corrected chi connectivity index (χ4v) is 2.64. The van der Waals surface area contributed by atoms with Crippen molar-refractivity contribution in [1.82, 2.24) is 0 Å². The van der Waals surface area contributed by atoms with Gasteiger partial charge in [0, 0.05) is 18.7 Å². The molecule has 0 spiro atoms. The number of nitrogens with zero attached hydrogens (tertiary/aromatic N) is 1. The number of hydrogen-bond donors (Lipinski definition) is 2. The average molecular weight is 252 g/mol. The van der Waals surface area contributed by atoms with E-state index in [1.165, 1.54) is 12.8 Å². The number of anilines is 1. The van der Waals surface area contributed by atoms with Gasteiger partial charge in [-0.2, -0.15) is 0 Å². The highest BCUT2D eigenvalue weighted by atomic mass is 35.5. The van der Waals surface area contributed by atoms with E-state index in [1.807, 2.05) is 12.1 Å². The Hall–Kier alpha value is -1.22. The third-order valence-corrected chi connectivity index (χ3v) is 3.56. The molecule has 92 valence electrons. The SMILES string of the molecule is CC1CCCN(c2ccc(C(=N)N)cc2Cl)C1. The van der Waals surface area contributed by atoms with Crippen molar-refractivity contribution in [3.63, 3.8) is 0 Å². The number of piperidine rings is 1. The second-order valence-electron chi connectivity index (χ2n) is 4.77. The second-order valence-corrected chi connectivity index (χ2v) is 5.18. The summed E-state index contributed by atoms with van der Waals surface area (Å²) in [7, 11) is 0. The normalized spacial score (nSPS) is 20.4. The molecule has 1 aromatic carbocycles. The maximum absolute atomic E-state index is 7.38. The van der Waals surface area contributed by atoms with Crippen molar-refractivity contribution in [1.29, 1.82) is 5.41 Å². The second kappa shape index (κ2) is 4.96. The zero-order valence-corrected chi connectivity index (χ0v) is 10.8. The van der Waals surface area contributed by atoms with Crippen LogP contribution in [0.2, 0.25) is 5.02 Å². The number of benzene rings is 1. The first kappa shape index (κ1) is 12.2. The molecule has 1 aromatic rings.